The predicted octanol–water partition coefficient (Wildman–Crippen LogP) is 0.870. The molecule has 0 amide bonds. The summed E-state index contributed by atoms with van der Waals surface area (Å²) in [5.74, 6) is -0.686. The van der Waals surface area contributed by atoms with Crippen LogP contribution in [-0.2, 0) is 14.2 Å². The second kappa shape index (κ2) is 6.37. The first-order chi connectivity index (χ1) is 11.5. The molecule has 0 aromatic heterocycles. The molecule has 0 spiro atoms. The van der Waals surface area contributed by atoms with Gasteiger partial charge in [0.15, 0.2) is 12.1 Å². The lowest BCUT2D eigenvalue weighted by molar-refractivity contribution is -0.216. The van der Waals surface area contributed by atoms with Crippen molar-refractivity contribution in [3.63, 3.8) is 0 Å². The Morgan fingerprint density at radius 3 is 2.79 bits per heavy atom. The van der Waals surface area contributed by atoms with Gasteiger partial charge in [0, 0.05) is 32.2 Å². The second-order valence-corrected chi connectivity index (χ2v) is 7.31. The van der Waals surface area contributed by atoms with Crippen molar-refractivity contribution in [3.05, 3.63) is 35.9 Å². The van der Waals surface area contributed by atoms with Crippen molar-refractivity contribution in [2.75, 3.05) is 26.2 Å². The van der Waals surface area contributed by atoms with Crippen LogP contribution >= 0.6 is 0 Å². The number of aliphatic hydroxyl groups excluding tert-OH is 1. The molecule has 5 atom stereocenters. The summed E-state index contributed by atoms with van der Waals surface area (Å²) in [6.07, 6.45) is -1.78. The van der Waals surface area contributed by atoms with Crippen molar-refractivity contribution in [2.24, 2.45) is 0 Å². The Kier molecular flexibility index (Phi) is 4.36. The van der Waals surface area contributed by atoms with Gasteiger partial charge in [-0.3, -0.25) is 4.90 Å². The van der Waals surface area contributed by atoms with Gasteiger partial charge in [0.05, 0.1) is 0 Å². The molecule has 3 heterocycles. The maximum atomic E-state index is 10.5. The van der Waals surface area contributed by atoms with E-state index in [0.717, 1.165) is 19.6 Å². The number of benzene rings is 1. The number of rotatable bonds is 3. The summed E-state index contributed by atoms with van der Waals surface area (Å²) >= 11 is 0. The maximum Gasteiger partial charge on any atom is 0.190 e. The zero-order chi connectivity index (χ0) is 16.7. The smallest absolute Gasteiger partial charge is 0.190 e. The molecule has 4 rings (SSSR count). The van der Waals surface area contributed by atoms with E-state index in [1.54, 1.807) is 0 Å². The van der Waals surface area contributed by atoms with Crippen molar-refractivity contribution in [2.45, 2.75) is 50.3 Å². The van der Waals surface area contributed by atoms with E-state index >= 15 is 0 Å². The Morgan fingerprint density at radius 1 is 1.25 bits per heavy atom. The van der Waals surface area contributed by atoms with E-state index in [-0.39, 0.29) is 6.10 Å². The highest BCUT2D eigenvalue weighted by atomic mass is 16.8. The van der Waals surface area contributed by atoms with E-state index in [1.165, 1.54) is 5.56 Å². The number of piperazine rings is 1. The molecule has 0 bridgehead atoms. The van der Waals surface area contributed by atoms with Crippen LogP contribution in [-0.4, -0.2) is 66.6 Å². The van der Waals surface area contributed by atoms with E-state index in [9.17, 15) is 5.11 Å². The third-order valence-corrected chi connectivity index (χ3v) is 5.01. The molecule has 3 fully saturated rings. The minimum absolute atomic E-state index is 0.273. The highest BCUT2D eigenvalue weighted by Crippen LogP contribution is 2.37. The van der Waals surface area contributed by atoms with E-state index in [4.69, 9.17) is 14.2 Å². The van der Waals surface area contributed by atoms with Gasteiger partial charge in [0.1, 0.15) is 18.3 Å². The van der Waals surface area contributed by atoms with Gasteiger partial charge < -0.3 is 24.6 Å². The van der Waals surface area contributed by atoms with Gasteiger partial charge in [-0.1, -0.05) is 30.3 Å². The third kappa shape index (κ3) is 3.22. The van der Waals surface area contributed by atoms with Crippen molar-refractivity contribution in [3.8, 4) is 0 Å². The molecule has 3 aliphatic rings. The lowest BCUT2D eigenvalue weighted by Gasteiger charge is -2.36. The molecular weight excluding hydrogens is 308 g/mol. The first-order valence-electron chi connectivity index (χ1n) is 8.72. The fourth-order valence-corrected chi connectivity index (χ4v) is 3.85. The Hall–Kier alpha value is -1.02. The zero-order valence-electron chi connectivity index (χ0n) is 14.2. The SMILES string of the molecule is CC1(C)O[C@H]2O[C@H](CN3CCN[C@H](c4ccccc4)C3)[C@H](O)[C@H]2O1. The molecule has 132 valence electrons. The van der Waals surface area contributed by atoms with E-state index in [1.807, 2.05) is 19.9 Å². The van der Waals surface area contributed by atoms with Crippen molar-refractivity contribution >= 4 is 0 Å². The third-order valence-electron chi connectivity index (χ3n) is 5.01. The topological polar surface area (TPSA) is 63.2 Å². The van der Waals surface area contributed by atoms with Crippen LogP contribution in [0.25, 0.3) is 0 Å². The fraction of sp³-hybridized carbons (Fsp3) is 0.667. The number of fused-ring (bicyclic) bond motifs is 1. The molecule has 0 unspecified atom stereocenters. The van der Waals surface area contributed by atoms with Crippen LogP contribution in [0.15, 0.2) is 30.3 Å². The molecule has 2 N–H and O–H groups in total. The van der Waals surface area contributed by atoms with Gasteiger partial charge >= 0.3 is 0 Å². The molecular formula is C18H26N2O4. The van der Waals surface area contributed by atoms with Gasteiger partial charge in [-0.05, 0) is 19.4 Å². The summed E-state index contributed by atoms with van der Waals surface area (Å²) in [5.41, 5.74) is 1.29. The minimum Gasteiger partial charge on any atom is -0.387 e. The molecule has 3 aliphatic heterocycles. The molecule has 6 nitrogen and oxygen atoms in total. The first-order valence-corrected chi connectivity index (χ1v) is 8.72. The van der Waals surface area contributed by atoms with E-state index in [2.05, 4.69) is 34.5 Å². The number of aliphatic hydroxyl groups is 1. The van der Waals surface area contributed by atoms with Gasteiger partial charge in [-0.2, -0.15) is 0 Å². The fourth-order valence-electron chi connectivity index (χ4n) is 3.85. The Labute approximate surface area is 142 Å². The van der Waals surface area contributed by atoms with Crippen LogP contribution in [0.1, 0.15) is 25.5 Å². The number of nitrogens with one attached hydrogen (secondary N) is 1. The molecule has 0 aliphatic carbocycles. The maximum absolute atomic E-state index is 10.5. The lowest BCUT2D eigenvalue weighted by Crippen LogP contribution is -2.50. The van der Waals surface area contributed by atoms with Crippen molar-refractivity contribution in [1.82, 2.24) is 10.2 Å². The second-order valence-electron chi connectivity index (χ2n) is 7.31. The van der Waals surface area contributed by atoms with Gasteiger partial charge in [0.2, 0.25) is 0 Å². The Balaban J connectivity index is 1.36. The average molecular weight is 334 g/mol. The summed E-state index contributed by atoms with van der Waals surface area (Å²) in [4.78, 5) is 2.34. The molecule has 1 aromatic carbocycles. The summed E-state index contributed by atoms with van der Waals surface area (Å²) in [6, 6.07) is 10.8. The summed E-state index contributed by atoms with van der Waals surface area (Å²) in [5, 5.41) is 14.1. The number of hydrogen-bond donors (Lipinski definition) is 2. The normalized spacial score (nSPS) is 39.0. The molecule has 6 heteroatoms. The standard InChI is InChI=1S/C18H26N2O4/c1-18(2)23-16-15(21)14(22-17(16)24-18)11-20-9-8-19-13(10-20)12-6-4-3-5-7-12/h3-7,13-17,19,21H,8-11H2,1-2H3/t13-,14+,15-,16+,17+/m0/s1. The number of ether oxygens (including phenoxy) is 3. The van der Waals surface area contributed by atoms with Gasteiger partial charge in [-0.15, -0.1) is 0 Å². The van der Waals surface area contributed by atoms with E-state index < -0.39 is 24.3 Å². The Morgan fingerprint density at radius 2 is 2.04 bits per heavy atom. The summed E-state index contributed by atoms with van der Waals surface area (Å²) < 4.78 is 17.4. The number of hydrogen-bond acceptors (Lipinski definition) is 6. The van der Waals surface area contributed by atoms with Crippen LogP contribution < -0.4 is 5.32 Å². The molecule has 0 radical (unpaired) electrons. The van der Waals surface area contributed by atoms with Gasteiger partial charge in [-0.25, -0.2) is 0 Å². The summed E-state index contributed by atoms with van der Waals surface area (Å²) in [6.45, 7) is 7.15. The quantitative estimate of drug-likeness (QED) is 0.855. The molecule has 0 saturated carbocycles. The minimum atomic E-state index is -0.686. The van der Waals surface area contributed by atoms with Gasteiger partial charge in [0.25, 0.3) is 0 Å². The highest BCUT2D eigenvalue weighted by Gasteiger charge is 2.54. The van der Waals surface area contributed by atoms with Crippen LogP contribution in [0, 0.1) is 0 Å². The first kappa shape index (κ1) is 16.4. The lowest BCUT2D eigenvalue weighted by atomic mass is 10.0. The predicted molar refractivity (Wildman–Crippen MR) is 88.3 cm³/mol. The molecule has 1 aromatic rings. The average Bonchev–Trinajstić information content (AvgIpc) is 3.02. The molecule has 24 heavy (non-hydrogen) atoms. The Bertz CT molecular complexity index is 567. The zero-order valence-corrected chi connectivity index (χ0v) is 14.2. The van der Waals surface area contributed by atoms with Crippen molar-refractivity contribution in [1.29, 1.82) is 0 Å². The van der Waals surface area contributed by atoms with Crippen LogP contribution in [0.5, 0.6) is 0 Å². The monoisotopic (exact) mass is 334 g/mol. The van der Waals surface area contributed by atoms with Crippen LogP contribution in [0.2, 0.25) is 0 Å². The summed E-state index contributed by atoms with van der Waals surface area (Å²) in [7, 11) is 0. The van der Waals surface area contributed by atoms with E-state index in [0.29, 0.717) is 12.6 Å². The van der Waals surface area contributed by atoms with Crippen molar-refractivity contribution < 1.29 is 19.3 Å². The largest absolute Gasteiger partial charge is 0.387 e. The van der Waals surface area contributed by atoms with Crippen LogP contribution in [0.3, 0.4) is 0 Å². The molecule has 3 saturated heterocycles. The highest BCUT2D eigenvalue weighted by molar-refractivity contribution is 5.19. The number of nitrogens with zero attached hydrogens (tertiary/aromatic N) is 1. The van der Waals surface area contributed by atoms with Crippen LogP contribution in [0.4, 0.5) is 0 Å².